The van der Waals surface area contributed by atoms with Crippen LogP contribution in [0.5, 0.6) is 0 Å². The minimum absolute atomic E-state index is 0.0443. The number of aryl methyl sites for hydroxylation is 1. The maximum atomic E-state index is 12.9. The second-order valence-electron chi connectivity index (χ2n) is 5.84. The molecule has 0 amide bonds. The molecular formula is C18H19ClN2O4S. The van der Waals surface area contributed by atoms with Crippen LogP contribution in [0, 0.1) is 6.92 Å². The van der Waals surface area contributed by atoms with E-state index in [2.05, 4.69) is 4.98 Å². The molecule has 0 saturated heterocycles. The van der Waals surface area contributed by atoms with Crippen molar-refractivity contribution in [1.82, 2.24) is 9.55 Å². The molecule has 3 aromatic rings. The van der Waals surface area contributed by atoms with Crippen molar-refractivity contribution in [3.05, 3.63) is 53.3 Å². The van der Waals surface area contributed by atoms with Crippen LogP contribution in [0.15, 0.2) is 52.5 Å². The van der Waals surface area contributed by atoms with Gasteiger partial charge in [0.25, 0.3) is 0 Å². The molecule has 6 nitrogen and oxygen atoms in total. The number of fused-ring (bicyclic) bond motifs is 1. The van der Waals surface area contributed by atoms with E-state index in [1.807, 2.05) is 13.0 Å². The molecule has 0 fully saturated rings. The number of rotatable bonds is 7. The van der Waals surface area contributed by atoms with Gasteiger partial charge in [-0.05, 0) is 36.8 Å². The van der Waals surface area contributed by atoms with Crippen LogP contribution in [0.4, 0.5) is 0 Å². The summed E-state index contributed by atoms with van der Waals surface area (Å²) in [5, 5.41) is 0.151. The zero-order valence-electron chi connectivity index (χ0n) is 14.5. The third-order valence-corrected chi connectivity index (χ3v) is 6.14. The van der Waals surface area contributed by atoms with Crippen molar-refractivity contribution < 1.29 is 17.9 Å². The monoisotopic (exact) mass is 394 g/mol. The van der Waals surface area contributed by atoms with Crippen LogP contribution in [0.3, 0.4) is 0 Å². The third-order valence-electron chi connectivity index (χ3n) is 3.93. The summed E-state index contributed by atoms with van der Waals surface area (Å²) in [6, 6.07) is 9.84. The van der Waals surface area contributed by atoms with Crippen molar-refractivity contribution in [2.75, 3.05) is 20.3 Å². The Morgan fingerprint density at radius 2 is 2.00 bits per heavy atom. The molecule has 3 rings (SSSR count). The number of hydrogen-bond donors (Lipinski definition) is 0. The fourth-order valence-electron chi connectivity index (χ4n) is 2.58. The lowest BCUT2D eigenvalue weighted by Crippen LogP contribution is -2.07. The molecule has 0 aliphatic rings. The molecule has 0 bridgehead atoms. The van der Waals surface area contributed by atoms with E-state index in [0.717, 1.165) is 5.56 Å². The first-order valence-electron chi connectivity index (χ1n) is 7.96. The number of aromatic nitrogens is 2. The molecule has 0 N–H and O–H groups in total. The topological polar surface area (TPSA) is 70.4 Å². The van der Waals surface area contributed by atoms with Crippen LogP contribution in [0.2, 0.25) is 5.02 Å². The molecule has 8 heteroatoms. The molecule has 0 unspecified atom stereocenters. The molecule has 0 atom stereocenters. The Morgan fingerprint density at radius 3 is 2.73 bits per heavy atom. The van der Waals surface area contributed by atoms with E-state index >= 15 is 0 Å². The van der Waals surface area contributed by atoms with Gasteiger partial charge in [0, 0.05) is 7.11 Å². The van der Waals surface area contributed by atoms with E-state index in [-0.39, 0.29) is 21.5 Å². The number of sulfone groups is 1. The molecule has 138 valence electrons. The van der Waals surface area contributed by atoms with E-state index < -0.39 is 9.84 Å². The molecule has 0 aliphatic heterocycles. The predicted octanol–water partition coefficient (Wildman–Crippen LogP) is 3.45. The standard InChI is InChI=1S/C18H19ClN2O4S/c1-13-4-3-5-14(8-13)26(22,23)18-10-16-17(9-15(18)19)21(11-20-16)12-25-7-6-24-2/h3-5,8-11H,6-7,12H2,1-2H3. The lowest BCUT2D eigenvalue weighted by atomic mass is 10.2. The van der Waals surface area contributed by atoms with Gasteiger partial charge in [-0.1, -0.05) is 23.7 Å². The number of nitrogens with zero attached hydrogens (tertiary/aromatic N) is 2. The summed E-state index contributed by atoms with van der Waals surface area (Å²) in [6.07, 6.45) is 1.59. The van der Waals surface area contributed by atoms with Gasteiger partial charge in [0.2, 0.25) is 9.84 Å². The van der Waals surface area contributed by atoms with Gasteiger partial charge < -0.3 is 14.0 Å². The van der Waals surface area contributed by atoms with Gasteiger partial charge in [-0.25, -0.2) is 13.4 Å². The summed E-state index contributed by atoms with van der Waals surface area (Å²) in [7, 11) is -2.12. The lowest BCUT2D eigenvalue weighted by Gasteiger charge is -2.09. The van der Waals surface area contributed by atoms with E-state index in [1.54, 1.807) is 42.3 Å². The first-order chi connectivity index (χ1) is 12.4. The van der Waals surface area contributed by atoms with Crippen LogP contribution >= 0.6 is 11.6 Å². The molecule has 0 aliphatic carbocycles. The largest absolute Gasteiger partial charge is 0.382 e. The summed E-state index contributed by atoms with van der Waals surface area (Å²) < 4.78 is 38.1. The molecule has 26 heavy (non-hydrogen) atoms. The van der Waals surface area contributed by atoms with Crippen molar-refractivity contribution in [1.29, 1.82) is 0 Å². The van der Waals surface area contributed by atoms with Gasteiger partial charge in [0.15, 0.2) is 0 Å². The quantitative estimate of drug-likeness (QED) is 0.574. The Hall–Kier alpha value is -1.93. The number of ether oxygens (including phenoxy) is 2. The molecular weight excluding hydrogens is 376 g/mol. The average molecular weight is 395 g/mol. The van der Waals surface area contributed by atoms with E-state index in [1.165, 1.54) is 6.07 Å². The van der Waals surface area contributed by atoms with Crippen LogP contribution in [0.1, 0.15) is 5.56 Å². The zero-order chi connectivity index (χ0) is 18.7. The summed E-state index contributed by atoms with van der Waals surface area (Å²) in [6.45, 7) is 3.06. The van der Waals surface area contributed by atoms with Gasteiger partial charge in [-0.2, -0.15) is 0 Å². The van der Waals surface area contributed by atoms with Gasteiger partial charge in [0.05, 0.1) is 45.4 Å². The molecule has 0 radical (unpaired) electrons. The number of halogens is 1. The Morgan fingerprint density at radius 1 is 1.19 bits per heavy atom. The molecule has 1 heterocycles. The van der Waals surface area contributed by atoms with Crippen molar-refractivity contribution in [3.8, 4) is 0 Å². The highest BCUT2D eigenvalue weighted by molar-refractivity contribution is 7.91. The Labute approximate surface area is 157 Å². The minimum atomic E-state index is -3.73. The van der Waals surface area contributed by atoms with Crippen LogP contribution in [-0.4, -0.2) is 38.3 Å². The first kappa shape index (κ1) is 18.8. The maximum Gasteiger partial charge on any atom is 0.208 e. The third kappa shape index (κ3) is 3.76. The molecule has 0 saturated carbocycles. The van der Waals surface area contributed by atoms with Crippen molar-refractivity contribution in [3.63, 3.8) is 0 Å². The fourth-order valence-corrected chi connectivity index (χ4v) is 4.48. The summed E-state index contributed by atoms with van der Waals surface area (Å²) in [5.41, 5.74) is 2.10. The van der Waals surface area contributed by atoms with E-state index in [9.17, 15) is 8.42 Å². The fraction of sp³-hybridized carbons (Fsp3) is 0.278. The van der Waals surface area contributed by atoms with E-state index in [0.29, 0.717) is 24.2 Å². The molecule has 2 aromatic carbocycles. The smallest absolute Gasteiger partial charge is 0.208 e. The average Bonchev–Trinajstić information content (AvgIpc) is 3.00. The second-order valence-corrected chi connectivity index (χ2v) is 8.16. The Bertz CT molecular complexity index is 1030. The van der Waals surface area contributed by atoms with E-state index in [4.69, 9.17) is 21.1 Å². The highest BCUT2D eigenvalue weighted by Gasteiger charge is 2.22. The highest BCUT2D eigenvalue weighted by atomic mass is 35.5. The molecule has 1 aromatic heterocycles. The predicted molar refractivity (Wildman–Crippen MR) is 99.2 cm³/mol. The van der Waals surface area contributed by atoms with Crippen molar-refractivity contribution >= 4 is 32.5 Å². The van der Waals surface area contributed by atoms with Gasteiger partial charge in [-0.3, -0.25) is 0 Å². The van der Waals surface area contributed by atoms with Gasteiger partial charge in [-0.15, -0.1) is 0 Å². The van der Waals surface area contributed by atoms with Gasteiger partial charge in [0.1, 0.15) is 6.73 Å². The lowest BCUT2D eigenvalue weighted by molar-refractivity contribution is 0.0358. The van der Waals surface area contributed by atoms with Crippen molar-refractivity contribution in [2.24, 2.45) is 0 Å². The van der Waals surface area contributed by atoms with Crippen LogP contribution in [0.25, 0.3) is 11.0 Å². The number of methoxy groups -OCH3 is 1. The van der Waals surface area contributed by atoms with Crippen LogP contribution in [-0.2, 0) is 26.0 Å². The summed E-state index contributed by atoms with van der Waals surface area (Å²) in [5.74, 6) is 0. The minimum Gasteiger partial charge on any atom is -0.382 e. The normalized spacial score (nSPS) is 12.0. The second kappa shape index (κ2) is 7.75. The summed E-state index contributed by atoms with van der Waals surface area (Å²) >= 11 is 6.31. The SMILES string of the molecule is COCCOCn1cnc2cc(S(=O)(=O)c3cccc(C)c3)c(Cl)cc21. The zero-order valence-corrected chi connectivity index (χ0v) is 16.0. The number of benzene rings is 2. The van der Waals surface area contributed by atoms with Crippen molar-refractivity contribution in [2.45, 2.75) is 23.4 Å². The number of hydrogen-bond acceptors (Lipinski definition) is 5. The highest BCUT2D eigenvalue weighted by Crippen LogP contribution is 2.31. The van der Waals surface area contributed by atoms with Crippen LogP contribution < -0.4 is 0 Å². The maximum absolute atomic E-state index is 12.9. The Balaban J connectivity index is 1.97. The Kier molecular flexibility index (Phi) is 5.62. The van der Waals surface area contributed by atoms with Gasteiger partial charge >= 0.3 is 0 Å². The molecule has 0 spiro atoms. The number of imidazole rings is 1. The first-order valence-corrected chi connectivity index (χ1v) is 9.82. The summed E-state index contributed by atoms with van der Waals surface area (Å²) in [4.78, 5) is 4.53.